The van der Waals surface area contributed by atoms with Crippen LogP contribution in [0, 0.1) is 5.41 Å². The Bertz CT molecular complexity index is 804. The van der Waals surface area contributed by atoms with Gasteiger partial charge in [-0.1, -0.05) is 18.2 Å². The van der Waals surface area contributed by atoms with Crippen molar-refractivity contribution in [1.82, 2.24) is 9.88 Å². The zero-order chi connectivity index (χ0) is 16.6. The van der Waals surface area contributed by atoms with Gasteiger partial charge in [-0.25, -0.2) is 4.98 Å². The normalized spacial score (nSPS) is 20.7. The topological polar surface area (TPSA) is 62.3 Å². The number of amides is 2. The van der Waals surface area contributed by atoms with Gasteiger partial charge in [-0.2, -0.15) is 0 Å². The highest BCUT2D eigenvalue weighted by Crippen LogP contribution is 2.33. The molecule has 1 N–H and O–H groups in total. The smallest absolute Gasteiger partial charge is 0.245 e. The van der Waals surface area contributed by atoms with Crippen molar-refractivity contribution in [3.05, 3.63) is 35.3 Å². The predicted molar refractivity (Wildman–Crippen MR) is 92.8 cm³/mol. The summed E-state index contributed by atoms with van der Waals surface area (Å²) in [6.07, 6.45) is 1.91. The first kappa shape index (κ1) is 16.0. The molecular weight excluding hydrogens is 334 g/mol. The molecule has 5 nitrogen and oxygen atoms in total. The molecule has 3 rings (SSSR count). The minimum Gasteiger partial charge on any atom is -0.338 e. The Kier molecular flexibility index (Phi) is 4.12. The predicted octanol–water partition coefficient (Wildman–Crippen LogP) is 3.31. The Morgan fingerprint density at radius 1 is 1.52 bits per heavy atom. The van der Waals surface area contributed by atoms with Crippen LogP contribution in [0.15, 0.2) is 30.9 Å². The number of carbonyl (C=O) groups is 2. The largest absolute Gasteiger partial charge is 0.338 e. The summed E-state index contributed by atoms with van der Waals surface area (Å²) in [5.41, 5.74) is 0.838. The number of rotatable bonds is 3. The second kappa shape index (κ2) is 5.94. The SMILES string of the molecule is C=CC(=O)N1CCC(C)(C(=O)Nc2ccc3sc(Cl)nc3c2)C1. The summed E-state index contributed by atoms with van der Waals surface area (Å²) in [6, 6.07) is 5.53. The van der Waals surface area contributed by atoms with Gasteiger partial charge in [0.05, 0.1) is 15.6 Å². The number of carbonyl (C=O) groups excluding carboxylic acids is 2. The third-order valence-electron chi connectivity index (χ3n) is 4.13. The van der Waals surface area contributed by atoms with Crippen molar-refractivity contribution in [3.8, 4) is 0 Å². The fourth-order valence-electron chi connectivity index (χ4n) is 2.72. The van der Waals surface area contributed by atoms with Crippen molar-refractivity contribution in [2.45, 2.75) is 13.3 Å². The molecule has 1 aliphatic heterocycles. The first-order chi connectivity index (χ1) is 10.9. The molecule has 2 heterocycles. The highest BCUT2D eigenvalue weighted by molar-refractivity contribution is 7.22. The second-order valence-electron chi connectivity index (χ2n) is 5.88. The summed E-state index contributed by atoms with van der Waals surface area (Å²) >= 11 is 7.30. The lowest BCUT2D eigenvalue weighted by Crippen LogP contribution is -2.37. The van der Waals surface area contributed by atoms with E-state index in [1.165, 1.54) is 17.4 Å². The number of hydrogen-bond donors (Lipinski definition) is 1. The second-order valence-corrected chi connectivity index (χ2v) is 7.49. The van der Waals surface area contributed by atoms with E-state index in [4.69, 9.17) is 11.6 Å². The number of hydrogen-bond acceptors (Lipinski definition) is 4. The lowest BCUT2D eigenvalue weighted by molar-refractivity contribution is -0.127. The molecule has 1 aromatic heterocycles. The minimum atomic E-state index is -0.604. The fourth-order valence-corrected chi connectivity index (χ4v) is 3.73. The number of nitrogens with one attached hydrogen (secondary N) is 1. The van der Waals surface area contributed by atoms with E-state index in [9.17, 15) is 9.59 Å². The molecule has 0 bridgehead atoms. The minimum absolute atomic E-state index is 0.0995. The Labute approximate surface area is 142 Å². The molecule has 1 fully saturated rings. The quantitative estimate of drug-likeness (QED) is 0.865. The van der Waals surface area contributed by atoms with Gasteiger partial charge in [0.1, 0.15) is 0 Å². The molecule has 120 valence electrons. The Balaban J connectivity index is 1.75. The van der Waals surface area contributed by atoms with Crippen molar-refractivity contribution < 1.29 is 9.59 Å². The molecule has 0 spiro atoms. The standard InChI is InChI=1S/C16H16ClN3O2S/c1-3-13(21)20-7-6-16(2,9-20)14(22)18-10-4-5-12-11(8-10)19-15(17)23-12/h3-5,8H,1,6-7,9H2,2H3,(H,18,22). The van der Waals surface area contributed by atoms with Crippen LogP contribution in [0.5, 0.6) is 0 Å². The van der Waals surface area contributed by atoms with Crippen LogP contribution in [0.2, 0.25) is 4.47 Å². The Morgan fingerprint density at radius 3 is 3.04 bits per heavy atom. The van der Waals surface area contributed by atoms with Gasteiger partial charge in [0.25, 0.3) is 0 Å². The molecule has 0 radical (unpaired) electrons. The third-order valence-corrected chi connectivity index (χ3v) is 5.27. The van der Waals surface area contributed by atoms with E-state index in [1.54, 1.807) is 11.0 Å². The summed E-state index contributed by atoms with van der Waals surface area (Å²) in [6.45, 7) is 6.32. The first-order valence-electron chi connectivity index (χ1n) is 7.20. The number of nitrogens with zero attached hydrogens (tertiary/aromatic N) is 2. The van der Waals surface area contributed by atoms with E-state index in [2.05, 4.69) is 16.9 Å². The lowest BCUT2D eigenvalue weighted by Gasteiger charge is -2.23. The summed E-state index contributed by atoms with van der Waals surface area (Å²) in [5, 5.41) is 2.92. The van der Waals surface area contributed by atoms with Crippen LogP contribution in [0.25, 0.3) is 10.2 Å². The van der Waals surface area contributed by atoms with E-state index in [0.29, 0.717) is 29.7 Å². The fraction of sp³-hybridized carbons (Fsp3) is 0.312. The molecular formula is C16H16ClN3O2S. The van der Waals surface area contributed by atoms with Gasteiger partial charge in [0.2, 0.25) is 11.8 Å². The molecule has 0 aliphatic carbocycles. The van der Waals surface area contributed by atoms with Gasteiger partial charge in [0, 0.05) is 18.8 Å². The maximum absolute atomic E-state index is 12.6. The summed E-state index contributed by atoms with van der Waals surface area (Å²) < 4.78 is 1.45. The number of benzene rings is 1. The number of aromatic nitrogens is 1. The number of thiazole rings is 1. The lowest BCUT2D eigenvalue weighted by atomic mass is 9.88. The summed E-state index contributed by atoms with van der Waals surface area (Å²) in [7, 11) is 0. The van der Waals surface area contributed by atoms with Crippen LogP contribution < -0.4 is 5.32 Å². The van der Waals surface area contributed by atoms with Gasteiger partial charge in [-0.3, -0.25) is 9.59 Å². The van der Waals surface area contributed by atoms with Crippen LogP contribution in [-0.4, -0.2) is 34.8 Å². The molecule has 1 aromatic carbocycles. The average Bonchev–Trinajstić information content (AvgIpc) is 3.09. The molecule has 2 amide bonds. The number of likely N-dealkylation sites (tertiary alicyclic amines) is 1. The Hall–Kier alpha value is -1.92. The van der Waals surface area contributed by atoms with Crippen molar-refractivity contribution >= 4 is 50.7 Å². The van der Waals surface area contributed by atoms with Gasteiger partial charge in [-0.05, 0) is 37.6 Å². The van der Waals surface area contributed by atoms with Gasteiger partial charge in [0.15, 0.2) is 4.47 Å². The number of halogens is 1. The van der Waals surface area contributed by atoms with Crippen molar-refractivity contribution in [2.75, 3.05) is 18.4 Å². The van der Waals surface area contributed by atoms with E-state index in [-0.39, 0.29) is 11.8 Å². The van der Waals surface area contributed by atoms with Crippen LogP contribution in [0.1, 0.15) is 13.3 Å². The van der Waals surface area contributed by atoms with E-state index in [1.807, 2.05) is 19.1 Å². The van der Waals surface area contributed by atoms with Crippen molar-refractivity contribution in [2.24, 2.45) is 5.41 Å². The van der Waals surface area contributed by atoms with Gasteiger partial charge < -0.3 is 10.2 Å². The zero-order valence-corrected chi connectivity index (χ0v) is 14.2. The summed E-state index contributed by atoms with van der Waals surface area (Å²) in [4.78, 5) is 30.2. The Morgan fingerprint density at radius 2 is 2.30 bits per heavy atom. The maximum Gasteiger partial charge on any atom is 0.245 e. The average molecular weight is 350 g/mol. The van der Waals surface area contributed by atoms with E-state index < -0.39 is 5.41 Å². The maximum atomic E-state index is 12.6. The third kappa shape index (κ3) is 3.09. The van der Waals surface area contributed by atoms with Crippen LogP contribution in [0.3, 0.4) is 0 Å². The molecule has 0 saturated carbocycles. The molecule has 1 unspecified atom stereocenters. The number of fused-ring (bicyclic) bond motifs is 1. The molecule has 1 saturated heterocycles. The molecule has 23 heavy (non-hydrogen) atoms. The van der Waals surface area contributed by atoms with Crippen LogP contribution in [-0.2, 0) is 9.59 Å². The van der Waals surface area contributed by atoms with Crippen LogP contribution >= 0.6 is 22.9 Å². The molecule has 7 heteroatoms. The molecule has 1 aliphatic rings. The first-order valence-corrected chi connectivity index (χ1v) is 8.40. The molecule has 1 atom stereocenters. The van der Waals surface area contributed by atoms with Crippen molar-refractivity contribution in [3.63, 3.8) is 0 Å². The van der Waals surface area contributed by atoms with E-state index >= 15 is 0 Å². The highest BCUT2D eigenvalue weighted by Gasteiger charge is 2.41. The van der Waals surface area contributed by atoms with Crippen molar-refractivity contribution in [1.29, 1.82) is 0 Å². The zero-order valence-electron chi connectivity index (χ0n) is 12.6. The summed E-state index contributed by atoms with van der Waals surface area (Å²) in [5.74, 6) is -0.238. The molecule has 2 aromatic rings. The number of anilines is 1. The highest BCUT2D eigenvalue weighted by atomic mass is 35.5. The monoisotopic (exact) mass is 349 g/mol. The van der Waals surface area contributed by atoms with E-state index in [0.717, 1.165) is 10.2 Å². The van der Waals surface area contributed by atoms with Gasteiger partial charge >= 0.3 is 0 Å². The van der Waals surface area contributed by atoms with Crippen LogP contribution in [0.4, 0.5) is 5.69 Å². The van der Waals surface area contributed by atoms with Gasteiger partial charge in [-0.15, -0.1) is 11.3 Å².